The van der Waals surface area contributed by atoms with Crippen molar-refractivity contribution in [2.75, 3.05) is 15.5 Å². The fourth-order valence-corrected chi connectivity index (χ4v) is 3.98. The standard InChI is InChI=1S/C25H19ClIN3O3/c1-14-6-7-15(2)20(12-14)30-24(32)21(26)22(25(30)33)28-19-5-3-4-16(13-19)23(31)29-18-10-8-17(27)9-11-18/h3-13,28H,1-2H3,(H,29,31). The molecule has 1 aliphatic rings. The minimum atomic E-state index is -0.592. The van der Waals surface area contributed by atoms with E-state index in [9.17, 15) is 14.4 Å². The summed E-state index contributed by atoms with van der Waals surface area (Å²) in [5.41, 5.74) is 3.68. The van der Waals surface area contributed by atoms with Crippen molar-refractivity contribution >= 4 is 69.0 Å². The van der Waals surface area contributed by atoms with Gasteiger partial charge in [-0.25, -0.2) is 4.90 Å². The number of imide groups is 1. The normalized spacial score (nSPS) is 13.5. The molecular formula is C25H19ClIN3O3. The van der Waals surface area contributed by atoms with Gasteiger partial charge in [0.25, 0.3) is 17.7 Å². The van der Waals surface area contributed by atoms with Crippen LogP contribution in [0.5, 0.6) is 0 Å². The first-order valence-electron chi connectivity index (χ1n) is 10.0. The Labute approximate surface area is 209 Å². The smallest absolute Gasteiger partial charge is 0.283 e. The van der Waals surface area contributed by atoms with Crippen LogP contribution in [-0.2, 0) is 9.59 Å². The molecule has 0 saturated heterocycles. The molecule has 4 rings (SSSR count). The maximum Gasteiger partial charge on any atom is 0.283 e. The van der Waals surface area contributed by atoms with Gasteiger partial charge >= 0.3 is 0 Å². The monoisotopic (exact) mass is 571 g/mol. The summed E-state index contributed by atoms with van der Waals surface area (Å²) in [6, 6.07) is 19.6. The summed E-state index contributed by atoms with van der Waals surface area (Å²) in [5.74, 6) is -1.44. The third kappa shape index (κ3) is 4.79. The van der Waals surface area contributed by atoms with Crippen molar-refractivity contribution in [3.8, 4) is 0 Å². The van der Waals surface area contributed by atoms with Gasteiger partial charge < -0.3 is 10.6 Å². The third-order valence-corrected chi connectivity index (χ3v) is 6.20. The molecule has 0 fully saturated rings. The molecule has 0 bridgehead atoms. The summed E-state index contributed by atoms with van der Waals surface area (Å²) in [7, 11) is 0. The van der Waals surface area contributed by atoms with Crippen LogP contribution in [0.2, 0.25) is 0 Å². The van der Waals surface area contributed by atoms with E-state index in [1.807, 2.05) is 50.2 Å². The molecule has 0 unspecified atom stereocenters. The lowest BCUT2D eigenvalue weighted by atomic mass is 10.1. The Balaban J connectivity index is 1.56. The van der Waals surface area contributed by atoms with E-state index in [1.54, 1.807) is 30.3 Å². The summed E-state index contributed by atoms with van der Waals surface area (Å²) in [5, 5.41) is 5.56. The molecular weight excluding hydrogens is 553 g/mol. The minimum absolute atomic E-state index is 0.0298. The summed E-state index contributed by atoms with van der Waals surface area (Å²) in [6.07, 6.45) is 0. The molecule has 8 heteroatoms. The highest BCUT2D eigenvalue weighted by atomic mass is 127. The highest BCUT2D eigenvalue weighted by molar-refractivity contribution is 14.1. The van der Waals surface area contributed by atoms with Crippen molar-refractivity contribution < 1.29 is 14.4 Å². The van der Waals surface area contributed by atoms with Gasteiger partial charge in [0, 0.05) is 20.5 Å². The molecule has 3 amide bonds. The van der Waals surface area contributed by atoms with E-state index in [2.05, 4.69) is 33.2 Å². The summed E-state index contributed by atoms with van der Waals surface area (Å²) in [6.45, 7) is 3.71. The summed E-state index contributed by atoms with van der Waals surface area (Å²) >= 11 is 8.45. The number of hydrogen-bond donors (Lipinski definition) is 2. The van der Waals surface area contributed by atoms with E-state index in [0.717, 1.165) is 19.6 Å². The number of carbonyl (C=O) groups is 3. The Morgan fingerprint density at radius 1 is 0.909 bits per heavy atom. The second kappa shape index (κ2) is 9.36. The Bertz CT molecular complexity index is 1320. The highest BCUT2D eigenvalue weighted by Crippen LogP contribution is 2.32. The van der Waals surface area contributed by atoms with E-state index >= 15 is 0 Å². The zero-order valence-electron chi connectivity index (χ0n) is 17.8. The lowest BCUT2D eigenvalue weighted by molar-refractivity contribution is -0.120. The van der Waals surface area contributed by atoms with E-state index in [4.69, 9.17) is 11.6 Å². The Kier molecular flexibility index (Phi) is 6.53. The second-order valence-electron chi connectivity index (χ2n) is 7.59. The van der Waals surface area contributed by atoms with Gasteiger partial charge in [-0.3, -0.25) is 14.4 Å². The van der Waals surface area contributed by atoms with Gasteiger partial charge in [0.05, 0.1) is 5.69 Å². The van der Waals surface area contributed by atoms with E-state index in [0.29, 0.717) is 22.6 Å². The SMILES string of the molecule is Cc1ccc(C)c(N2C(=O)C(Cl)=C(Nc3cccc(C(=O)Nc4ccc(I)cc4)c3)C2=O)c1. The molecule has 166 valence electrons. The molecule has 2 N–H and O–H groups in total. The first-order valence-corrected chi connectivity index (χ1v) is 11.5. The van der Waals surface area contributed by atoms with Crippen molar-refractivity contribution in [1.29, 1.82) is 0 Å². The molecule has 1 aliphatic heterocycles. The lowest BCUT2D eigenvalue weighted by Crippen LogP contribution is -2.33. The van der Waals surface area contributed by atoms with Crippen LogP contribution in [0.4, 0.5) is 17.1 Å². The van der Waals surface area contributed by atoms with Crippen LogP contribution in [0.1, 0.15) is 21.5 Å². The number of amides is 3. The Hall–Kier alpha value is -3.17. The second-order valence-corrected chi connectivity index (χ2v) is 9.22. The van der Waals surface area contributed by atoms with Crippen LogP contribution < -0.4 is 15.5 Å². The van der Waals surface area contributed by atoms with Crippen molar-refractivity contribution in [3.63, 3.8) is 0 Å². The average molecular weight is 572 g/mol. The highest BCUT2D eigenvalue weighted by Gasteiger charge is 2.39. The fourth-order valence-electron chi connectivity index (χ4n) is 3.41. The van der Waals surface area contributed by atoms with Crippen LogP contribution in [0.3, 0.4) is 0 Å². The molecule has 1 heterocycles. The molecule has 0 aliphatic carbocycles. The molecule has 3 aromatic rings. The number of anilines is 3. The fraction of sp³-hybridized carbons (Fsp3) is 0.0800. The number of aryl methyl sites for hydroxylation is 2. The molecule has 3 aromatic carbocycles. The van der Waals surface area contributed by atoms with E-state index in [-0.39, 0.29) is 16.6 Å². The van der Waals surface area contributed by atoms with Gasteiger partial charge in [-0.05, 0) is 96.1 Å². The maximum atomic E-state index is 13.1. The minimum Gasteiger partial charge on any atom is -0.350 e. The number of carbonyl (C=O) groups excluding carboxylic acids is 3. The van der Waals surface area contributed by atoms with Gasteiger partial charge in [-0.1, -0.05) is 29.8 Å². The van der Waals surface area contributed by atoms with Crippen molar-refractivity contribution in [3.05, 3.63) is 97.7 Å². The molecule has 0 saturated carbocycles. The number of halogens is 2. The van der Waals surface area contributed by atoms with Gasteiger partial charge in [0.1, 0.15) is 10.7 Å². The number of nitrogens with one attached hydrogen (secondary N) is 2. The Morgan fingerprint density at radius 2 is 1.64 bits per heavy atom. The molecule has 0 spiro atoms. The number of rotatable bonds is 5. The third-order valence-electron chi connectivity index (χ3n) is 5.13. The molecule has 0 radical (unpaired) electrons. The number of hydrogen-bond acceptors (Lipinski definition) is 4. The van der Waals surface area contributed by atoms with Gasteiger partial charge in [-0.2, -0.15) is 0 Å². The molecule has 0 aromatic heterocycles. The van der Waals surface area contributed by atoms with Gasteiger partial charge in [0.2, 0.25) is 0 Å². The molecule has 0 atom stereocenters. The van der Waals surface area contributed by atoms with Crippen LogP contribution in [0.25, 0.3) is 0 Å². The van der Waals surface area contributed by atoms with Crippen molar-refractivity contribution in [2.24, 2.45) is 0 Å². The van der Waals surface area contributed by atoms with E-state index < -0.39 is 11.8 Å². The van der Waals surface area contributed by atoms with Crippen LogP contribution in [0, 0.1) is 17.4 Å². The number of nitrogens with zero attached hydrogens (tertiary/aromatic N) is 1. The van der Waals surface area contributed by atoms with Crippen molar-refractivity contribution in [1.82, 2.24) is 0 Å². The largest absolute Gasteiger partial charge is 0.350 e. The Morgan fingerprint density at radius 3 is 2.36 bits per heavy atom. The lowest BCUT2D eigenvalue weighted by Gasteiger charge is -2.18. The number of benzene rings is 3. The van der Waals surface area contributed by atoms with Crippen LogP contribution in [-0.4, -0.2) is 17.7 Å². The van der Waals surface area contributed by atoms with E-state index in [1.165, 1.54) is 0 Å². The first kappa shape index (κ1) is 23.0. The van der Waals surface area contributed by atoms with Crippen molar-refractivity contribution in [2.45, 2.75) is 13.8 Å². The summed E-state index contributed by atoms with van der Waals surface area (Å²) in [4.78, 5) is 39.6. The predicted molar refractivity (Wildman–Crippen MR) is 138 cm³/mol. The van der Waals surface area contributed by atoms with Gasteiger partial charge in [0.15, 0.2) is 0 Å². The van der Waals surface area contributed by atoms with Crippen LogP contribution >= 0.6 is 34.2 Å². The van der Waals surface area contributed by atoms with Crippen LogP contribution in [0.15, 0.2) is 77.5 Å². The molecule has 6 nitrogen and oxygen atoms in total. The summed E-state index contributed by atoms with van der Waals surface area (Å²) < 4.78 is 1.06. The predicted octanol–water partition coefficient (Wildman–Crippen LogP) is 5.60. The quantitative estimate of drug-likeness (QED) is 0.309. The molecule has 33 heavy (non-hydrogen) atoms. The topological polar surface area (TPSA) is 78.5 Å². The van der Waals surface area contributed by atoms with Gasteiger partial charge in [-0.15, -0.1) is 0 Å². The maximum absolute atomic E-state index is 13.1. The first-order chi connectivity index (χ1) is 15.7. The average Bonchev–Trinajstić information content (AvgIpc) is 3.00. The zero-order chi connectivity index (χ0) is 23.7. The zero-order valence-corrected chi connectivity index (χ0v) is 20.7.